The first kappa shape index (κ1) is 19.4. The molecule has 3 fully saturated rings. The van der Waals surface area contributed by atoms with Gasteiger partial charge >= 0.3 is 0 Å². The van der Waals surface area contributed by atoms with Crippen molar-refractivity contribution in [2.45, 2.75) is 50.3 Å². The Labute approximate surface area is 170 Å². The van der Waals surface area contributed by atoms with E-state index in [9.17, 15) is 13.2 Å². The molecular weight excluding hydrogens is 428 g/mol. The predicted octanol–water partition coefficient (Wildman–Crippen LogP) is 3.30. The van der Waals surface area contributed by atoms with Crippen molar-refractivity contribution in [2.24, 2.45) is 17.8 Å². The van der Waals surface area contributed by atoms with Crippen LogP contribution in [-0.4, -0.2) is 37.8 Å². The van der Waals surface area contributed by atoms with Crippen LogP contribution in [-0.2, 0) is 20.6 Å². The van der Waals surface area contributed by atoms with Crippen molar-refractivity contribution in [3.8, 4) is 0 Å². The van der Waals surface area contributed by atoms with Crippen LogP contribution in [0.1, 0.15) is 44.1 Å². The monoisotopic (exact) mass is 454 g/mol. The molecule has 2 saturated carbocycles. The van der Waals surface area contributed by atoms with E-state index in [1.165, 1.54) is 19.3 Å². The average Bonchev–Trinajstić information content (AvgIpc) is 3.27. The van der Waals surface area contributed by atoms with Crippen LogP contribution in [0, 0.1) is 17.8 Å². The molecule has 0 radical (unpaired) electrons. The summed E-state index contributed by atoms with van der Waals surface area (Å²) in [5, 5.41) is 3.27. The lowest BCUT2D eigenvalue weighted by atomic mass is 9.93. The van der Waals surface area contributed by atoms with Crippen molar-refractivity contribution in [1.82, 2.24) is 9.62 Å². The molecule has 2 bridgehead atoms. The number of benzene rings is 1. The topological polar surface area (TPSA) is 66.5 Å². The van der Waals surface area contributed by atoms with Crippen molar-refractivity contribution in [3.05, 3.63) is 34.3 Å². The highest BCUT2D eigenvalue weighted by atomic mass is 79.9. The van der Waals surface area contributed by atoms with E-state index in [-0.39, 0.29) is 17.6 Å². The fourth-order valence-corrected chi connectivity index (χ4v) is 6.83. The van der Waals surface area contributed by atoms with Crippen molar-refractivity contribution >= 4 is 31.9 Å². The second-order valence-corrected chi connectivity index (χ2v) is 11.2. The molecule has 148 valence electrons. The van der Waals surface area contributed by atoms with Crippen LogP contribution in [0.2, 0.25) is 0 Å². The molecule has 0 unspecified atom stereocenters. The second kappa shape index (κ2) is 7.84. The summed E-state index contributed by atoms with van der Waals surface area (Å²) < 4.78 is 27.9. The molecule has 4 rings (SSSR count). The summed E-state index contributed by atoms with van der Waals surface area (Å²) in [6.07, 6.45) is 6.22. The molecule has 2 aliphatic carbocycles. The number of nitrogens with one attached hydrogen (secondary N) is 1. The molecule has 3 aliphatic rings. The number of nitrogens with zero attached hydrogens (tertiary/aromatic N) is 1. The minimum Gasteiger partial charge on any atom is -0.353 e. The number of sulfonamides is 1. The lowest BCUT2D eigenvalue weighted by molar-refractivity contribution is -0.127. The second-order valence-electron chi connectivity index (χ2n) is 8.35. The van der Waals surface area contributed by atoms with E-state index in [2.05, 4.69) is 21.2 Å². The van der Waals surface area contributed by atoms with Crippen LogP contribution in [0.4, 0.5) is 0 Å². The molecule has 1 heterocycles. The van der Waals surface area contributed by atoms with E-state index >= 15 is 0 Å². The highest BCUT2D eigenvalue weighted by Gasteiger charge is 2.41. The number of hydrogen-bond donors (Lipinski definition) is 1. The molecule has 1 aliphatic heterocycles. The van der Waals surface area contributed by atoms with Gasteiger partial charge < -0.3 is 5.32 Å². The molecule has 0 spiro atoms. The summed E-state index contributed by atoms with van der Waals surface area (Å²) in [6, 6.07) is 7.73. The summed E-state index contributed by atoms with van der Waals surface area (Å²) in [4.78, 5) is 12.6. The summed E-state index contributed by atoms with van der Waals surface area (Å²) >= 11 is 3.37. The molecule has 1 saturated heterocycles. The smallest absolute Gasteiger partial charge is 0.223 e. The van der Waals surface area contributed by atoms with Gasteiger partial charge in [-0.1, -0.05) is 34.5 Å². The summed E-state index contributed by atoms with van der Waals surface area (Å²) in [5.41, 5.74) is 0.786. The standard InChI is InChI=1S/C20H27BrN2O3S/c21-18-5-2-14(3-6-18)13-27(25,26)23-9-7-16(8-10-23)20(24)22-19-12-15-1-4-17(19)11-15/h2-3,5-6,15-17,19H,1,4,7-13H2,(H,22,24)/t15-,17-,19+/m0/s1. The molecule has 7 heteroatoms. The van der Waals surface area contributed by atoms with E-state index < -0.39 is 10.0 Å². The maximum Gasteiger partial charge on any atom is 0.223 e. The number of fused-ring (bicyclic) bond motifs is 2. The molecule has 1 aromatic rings. The molecule has 3 atom stereocenters. The van der Waals surface area contributed by atoms with Crippen LogP contribution in [0.5, 0.6) is 0 Å². The Kier molecular flexibility index (Phi) is 5.63. The first-order chi connectivity index (χ1) is 12.9. The van der Waals surface area contributed by atoms with Crippen LogP contribution >= 0.6 is 15.9 Å². The first-order valence-electron chi connectivity index (χ1n) is 9.93. The highest BCUT2D eigenvalue weighted by molar-refractivity contribution is 9.10. The zero-order chi connectivity index (χ0) is 19.0. The van der Waals surface area contributed by atoms with Crippen LogP contribution in [0.15, 0.2) is 28.7 Å². The summed E-state index contributed by atoms with van der Waals surface area (Å²) in [7, 11) is -3.34. The van der Waals surface area contributed by atoms with E-state index in [0.717, 1.165) is 22.4 Å². The number of carbonyl (C=O) groups excluding carboxylic acids is 1. The van der Waals surface area contributed by atoms with E-state index in [0.29, 0.717) is 37.9 Å². The van der Waals surface area contributed by atoms with Crippen molar-refractivity contribution < 1.29 is 13.2 Å². The maximum atomic E-state index is 12.7. The Morgan fingerprint density at radius 3 is 2.37 bits per heavy atom. The normalized spacial score (nSPS) is 29.1. The maximum absolute atomic E-state index is 12.7. The van der Waals surface area contributed by atoms with Gasteiger partial charge in [-0.05, 0) is 61.6 Å². The van der Waals surface area contributed by atoms with Gasteiger partial charge in [-0.15, -0.1) is 0 Å². The van der Waals surface area contributed by atoms with Crippen LogP contribution < -0.4 is 5.32 Å². The number of hydrogen-bond acceptors (Lipinski definition) is 3. The molecule has 0 aromatic heterocycles. The third-order valence-corrected chi connectivity index (χ3v) is 8.92. The third-order valence-electron chi connectivity index (χ3n) is 6.55. The number of carbonyl (C=O) groups is 1. The Hall–Kier alpha value is -0.920. The van der Waals surface area contributed by atoms with Crippen molar-refractivity contribution in [3.63, 3.8) is 0 Å². The lowest BCUT2D eigenvalue weighted by Gasteiger charge is -2.32. The number of amides is 1. The molecule has 1 aromatic carbocycles. The fourth-order valence-electron chi connectivity index (χ4n) is 5.00. The quantitative estimate of drug-likeness (QED) is 0.741. The van der Waals surface area contributed by atoms with Crippen molar-refractivity contribution in [2.75, 3.05) is 13.1 Å². The SMILES string of the molecule is O=C(N[C@@H]1C[C@H]2CC[C@H]1C2)C1CCN(S(=O)(=O)Cc2ccc(Br)cc2)CC1. The Bertz CT molecular complexity index is 788. The lowest BCUT2D eigenvalue weighted by Crippen LogP contribution is -2.46. The Morgan fingerprint density at radius 1 is 1.07 bits per heavy atom. The Morgan fingerprint density at radius 2 is 1.78 bits per heavy atom. The van der Waals surface area contributed by atoms with Gasteiger partial charge in [0, 0.05) is 29.5 Å². The van der Waals surface area contributed by atoms with Gasteiger partial charge in [0.2, 0.25) is 15.9 Å². The van der Waals surface area contributed by atoms with Gasteiger partial charge in [0.15, 0.2) is 0 Å². The number of rotatable bonds is 5. The minimum atomic E-state index is -3.34. The minimum absolute atomic E-state index is 0.0162. The van der Waals surface area contributed by atoms with Gasteiger partial charge in [-0.3, -0.25) is 4.79 Å². The predicted molar refractivity (Wildman–Crippen MR) is 108 cm³/mol. The average molecular weight is 455 g/mol. The van der Waals surface area contributed by atoms with Crippen molar-refractivity contribution in [1.29, 1.82) is 0 Å². The van der Waals surface area contributed by atoms with E-state index in [4.69, 9.17) is 0 Å². The zero-order valence-electron chi connectivity index (χ0n) is 15.4. The third kappa shape index (κ3) is 4.40. The van der Waals surface area contributed by atoms with Gasteiger partial charge in [-0.25, -0.2) is 12.7 Å². The largest absolute Gasteiger partial charge is 0.353 e. The summed E-state index contributed by atoms with van der Waals surface area (Å²) in [5.74, 6) is 1.58. The zero-order valence-corrected chi connectivity index (χ0v) is 17.8. The summed E-state index contributed by atoms with van der Waals surface area (Å²) in [6.45, 7) is 0.876. The molecule has 1 N–H and O–H groups in total. The molecular formula is C20H27BrN2O3S. The van der Waals surface area contributed by atoms with Gasteiger partial charge in [-0.2, -0.15) is 0 Å². The number of halogens is 1. The molecule has 27 heavy (non-hydrogen) atoms. The highest BCUT2D eigenvalue weighted by Crippen LogP contribution is 2.44. The van der Waals surface area contributed by atoms with Gasteiger partial charge in [0.25, 0.3) is 0 Å². The van der Waals surface area contributed by atoms with Gasteiger partial charge in [0.05, 0.1) is 5.75 Å². The van der Waals surface area contributed by atoms with Crippen LogP contribution in [0.25, 0.3) is 0 Å². The molecule has 5 nitrogen and oxygen atoms in total. The van der Waals surface area contributed by atoms with Gasteiger partial charge in [0.1, 0.15) is 0 Å². The van der Waals surface area contributed by atoms with E-state index in [1.807, 2.05) is 24.3 Å². The van der Waals surface area contributed by atoms with Crippen LogP contribution in [0.3, 0.4) is 0 Å². The Balaban J connectivity index is 1.29. The fraction of sp³-hybridized carbons (Fsp3) is 0.650. The van der Waals surface area contributed by atoms with E-state index in [1.54, 1.807) is 4.31 Å². The number of piperidine rings is 1. The molecule has 1 amide bonds. The first-order valence-corrected chi connectivity index (χ1v) is 12.3.